The number of rotatable bonds is 6. The Morgan fingerprint density at radius 2 is 2.26 bits per heavy atom. The summed E-state index contributed by atoms with van der Waals surface area (Å²) in [6.07, 6.45) is 1.29. The fraction of sp³-hybridized carbons (Fsp3) is 0.455. The minimum absolute atomic E-state index is 0.00107. The van der Waals surface area contributed by atoms with Gasteiger partial charge in [0.15, 0.2) is 0 Å². The van der Waals surface area contributed by atoms with E-state index in [1.165, 1.54) is 12.3 Å². The summed E-state index contributed by atoms with van der Waals surface area (Å²) in [6, 6.07) is 0.901. The fourth-order valence-electron chi connectivity index (χ4n) is 1.50. The summed E-state index contributed by atoms with van der Waals surface area (Å²) in [4.78, 5) is 25.1. The number of hydrogen-bond donors (Lipinski definition) is 2. The Morgan fingerprint density at radius 1 is 1.63 bits per heavy atom. The second-order valence-corrected chi connectivity index (χ2v) is 5.29. The molecule has 0 aliphatic heterocycles. The maximum Gasteiger partial charge on any atom is 0.312 e. The summed E-state index contributed by atoms with van der Waals surface area (Å²) in [6.45, 7) is 3.68. The quantitative estimate of drug-likeness (QED) is 0.613. The zero-order chi connectivity index (χ0) is 14.6. The Labute approximate surface area is 118 Å². The van der Waals surface area contributed by atoms with Crippen molar-refractivity contribution in [3.63, 3.8) is 0 Å². The Balaban J connectivity index is 3.02. The lowest BCUT2D eigenvalue weighted by Crippen LogP contribution is -2.29. The van der Waals surface area contributed by atoms with Crippen LogP contribution in [0, 0.1) is 16.0 Å². The van der Waals surface area contributed by atoms with Crippen LogP contribution < -0.4 is 5.32 Å². The zero-order valence-corrected chi connectivity index (χ0v) is 12.0. The summed E-state index contributed by atoms with van der Waals surface area (Å²) >= 11 is 3.11. The molecule has 1 atom stereocenters. The van der Waals surface area contributed by atoms with Crippen molar-refractivity contribution in [2.24, 2.45) is 5.92 Å². The highest BCUT2D eigenvalue weighted by Crippen LogP contribution is 2.27. The van der Waals surface area contributed by atoms with Gasteiger partial charge in [-0.05, 0) is 21.8 Å². The van der Waals surface area contributed by atoms with Crippen molar-refractivity contribution in [1.82, 2.24) is 4.98 Å². The van der Waals surface area contributed by atoms with E-state index in [0.29, 0.717) is 4.47 Å². The molecule has 0 saturated heterocycles. The van der Waals surface area contributed by atoms with Crippen LogP contribution in [0.1, 0.15) is 20.3 Å². The van der Waals surface area contributed by atoms with Crippen molar-refractivity contribution in [3.05, 3.63) is 26.9 Å². The first-order chi connectivity index (χ1) is 8.81. The Kier molecular flexibility index (Phi) is 5.22. The predicted molar refractivity (Wildman–Crippen MR) is 73.1 cm³/mol. The van der Waals surface area contributed by atoms with Crippen LogP contribution in [0.15, 0.2) is 16.7 Å². The molecule has 104 valence electrons. The van der Waals surface area contributed by atoms with Crippen molar-refractivity contribution in [2.45, 2.75) is 26.3 Å². The van der Waals surface area contributed by atoms with Crippen LogP contribution in [0.3, 0.4) is 0 Å². The molecule has 1 aromatic rings. The van der Waals surface area contributed by atoms with Gasteiger partial charge in [0.1, 0.15) is 0 Å². The molecule has 0 saturated carbocycles. The van der Waals surface area contributed by atoms with Gasteiger partial charge >= 0.3 is 11.7 Å². The van der Waals surface area contributed by atoms with Crippen LogP contribution in [-0.4, -0.2) is 27.0 Å². The standard InChI is InChI=1S/C11H14BrN3O4/c1-6(2)8(4-10(16)17)14-11-9(15(18)19)3-7(12)5-13-11/h3,5-6,8H,4H2,1-2H3,(H,13,14)(H,16,17). The number of anilines is 1. The van der Waals surface area contributed by atoms with Gasteiger partial charge in [0, 0.05) is 22.8 Å². The molecule has 0 bridgehead atoms. The van der Waals surface area contributed by atoms with E-state index < -0.39 is 16.9 Å². The van der Waals surface area contributed by atoms with Gasteiger partial charge in [-0.3, -0.25) is 14.9 Å². The van der Waals surface area contributed by atoms with E-state index >= 15 is 0 Å². The van der Waals surface area contributed by atoms with Crippen LogP contribution >= 0.6 is 15.9 Å². The summed E-state index contributed by atoms with van der Waals surface area (Å²) in [5, 5.41) is 22.6. The predicted octanol–water partition coefficient (Wildman–Crippen LogP) is 2.66. The van der Waals surface area contributed by atoms with E-state index in [0.717, 1.165) is 0 Å². The van der Waals surface area contributed by atoms with E-state index in [9.17, 15) is 14.9 Å². The van der Waals surface area contributed by atoms with Crippen LogP contribution in [-0.2, 0) is 4.79 Å². The van der Waals surface area contributed by atoms with Crippen LogP contribution in [0.25, 0.3) is 0 Å². The number of aliphatic carboxylic acids is 1. The monoisotopic (exact) mass is 331 g/mol. The zero-order valence-electron chi connectivity index (χ0n) is 10.5. The van der Waals surface area contributed by atoms with Crippen molar-refractivity contribution in [2.75, 3.05) is 5.32 Å². The summed E-state index contributed by atoms with van der Waals surface area (Å²) in [7, 11) is 0. The molecule has 19 heavy (non-hydrogen) atoms. The van der Waals surface area contributed by atoms with Gasteiger partial charge in [0.25, 0.3) is 0 Å². The molecule has 1 aromatic heterocycles. The normalized spacial score (nSPS) is 12.2. The summed E-state index contributed by atoms with van der Waals surface area (Å²) in [5.41, 5.74) is -0.189. The average Bonchev–Trinajstić information content (AvgIpc) is 2.29. The molecule has 1 unspecified atom stereocenters. The number of nitrogens with one attached hydrogen (secondary N) is 1. The maximum absolute atomic E-state index is 10.9. The number of carboxylic acid groups (broad SMARTS) is 1. The molecule has 0 fully saturated rings. The molecule has 0 aromatic carbocycles. The van der Waals surface area contributed by atoms with Gasteiger partial charge in [-0.1, -0.05) is 13.8 Å². The topological polar surface area (TPSA) is 105 Å². The van der Waals surface area contributed by atoms with Crippen LogP contribution in [0.5, 0.6) is 0 Å². The Morgan fingerprint density at radius 3 is 2.74 bits per heavy atom. The smallest absolute Gasteiger partial charge is 0.312 e. The number of nitrogens with zero attached hydrogens (tertiary/aromatic N) is 2. The average molecular weight is 332 g/mol. The number of nitro groups is 1. The molecule has 0 amide bonds. The van der Waals surface area contributed by atoms with E-state index in [2.05, 4.69) is 26.2 Å². The van der Waals surface area contributed by atoms with Gasteiger partial charge in [0.05, 0.1) is 11.3 Å². The summed E-state index contributed by atoms with van der Waals surface area (Å²) < 4.78 is 0.490. The number of carboxylic acids is 1. The largest absolute Gasteiger partial charge is 0.481 e. The molecule has 0 spiro atoms. The number of aromatic nitrogens is 1. The molecular weight excluding hydrogens is 318 g/mol. The maximum atomic E-state index is 10.9. The highest BCUT2D eigenvalue weighted by molar-refractivity contribution is 9.10. The first kappa shape index (κ1) is 15.4. The third-order valence-corrected chi connectivity index (χ3v) is 2.99. The van der Waals surface area contributed by atoms with Gasteiger partial charge < -0.3 is 10.4 Å². The number of pyridine rings is 1. The molecule has 0 aliphatic carbocycles. The third kappa shape index (κ3) is 4.47. The van der Waals surface area contributed by atoms with E-state index in [-0.39, 0.29) is 23.8 Å². The minimum Gasteiger partial charge on any atom is -0.481 e. The second kappa shape index (κ2) is 6.46. The van der Waals surface area contributed by atoms with Crippen molar-refractivity contribution < 1.29 is 14.8 Å². The molecule has 1 rings (SSSR count). The first-order valence-corrected chi connectivity index (χ1v) is 6.38. The van der Waals surface area contributed by atoms with Crippen molar-refractivity contribution >= 4 is 33.4 Å². The molecular formula is C11H14BrN3O4. The van der Waals surface area contributed by atoms with Gasteiger partial charge in [-0.15, -0.1) is 0 Å². The number of halogens is 1. The van der Waals surface area contributed by atoms with Crippen LogP contribution in [0.4, 0.5) is 11.5 Å². The highest BCUT2D eigenvalue weighted by atomic mass is 79.9. The number of hydrogen-bond acceptors (Lipinski definition) is 5. The van der Waals surface area contributed by atoms with Crippen LogP contribution in [0.2, 0.25) is 0 Å². The third-order valence-electron chi connectivity index (χ3n) is 2.55. The lowest BCUT2D eigenvalue weighted by atomic mass is 10.0. The van der Waals surface area contributed by atoms with Crippen molar-refractivity contribution in [3.8, 4) is 0 Å². The highest BCUT2D eigenvalue weighted by Gasteiger charge is 2.22. The summed E-state index contributed by atoms with van der Waals surface area (Å²) in [5.74, 6) is -0.889. The van der Waals surface area contributed by atoms with Gasteiger partial charge in [-0.25, -0.2) is 4.98 Å². The van der Waals surface area contributed by atoms with E-state index in [4.69, 9.17) is 5.11 Å². The second-order valence-electron chi connectivity index (χ2n) is 4.37. The van der Waals surface area contributed by atoms with Crippen molar-refractivity contribution in [1.29, 1.82) is 0 Å². The molecule has 0 radical (unpaired) electrons. The molecule has 2 N–H and O–H groups in total. The first-order valence-electron chi connectivity index (χ1n) is 5.59. The molecule has 1 heterocycles. The van der Waals surface area contributed by atoms with Gasteiger partial charge in [0.2, 0.25) is 5.82 Å². The van der Waals surface area contributed by atoms with E-state index in [1.807, 2.05) is 13.8 Å². The lowest BCUT2D eigenvalue weighted by molar-refractivity contribution is -0.384. The molecule has 7 nitrogen and oxygen atoms in total. The lowest BCUT2D eigenvalue weighted by Gasteiger charge is -2.20. The van der Waals surface area contributed by atoms with E-state index in [1.54, 1.807) is 0 Å². The Bertz CT molecular complexity index is 493. The SMILES string of the molecule is CC(C)C(CC(=O)O)Nc1ncc(Br)cc1[N+](=O)[O-]. The Hall–Kier alpha value is -1.70. The minimum atomic E-state index is -0.967. The van der Waals surface area contributed by atoms with Gasteiger partial charge in [-0.2, -0.15) is 0 Å². The molecule has 8 heteroatoms. The fourth-order valence-corrected chi connectivity index (χ4v) is 1.82. The number of carbonyl (C=O) groups is 1. The molecule has 0 aliphatic rings.